The van der Waals surface area contributed by atoms with E-state index in [9.17, 15) is 14.4 Å². The minimum atomic E-state index is -0.777. The van der Waals surface area contributed by atoms with Gasteiger partial charge in [0, 0.05) is 5.56 Å². The van der Waals surface area contributed by atoms with Gasteiger partial charge < -0.3 is 24.3 Å². The minimum Gasteiger partial charge on any atom is -0.494 e. The number of hydrogen-bond donors (Lipinski definition) is 1. The molecular formula is C39H49NO7. The smallest absolute Gasteiger partial charge is 0.374 e. The number of carbonyl (C=O) groups is 3. The van der Waals surface area contributed by atoms with Gasteiger partial charge in [-0.25, -0.2) is 9.59 Å². The summed E-state index contributed by atoms with van der Waals surface area (Å²) in [7, 11) is 0. The molecule has 0 saturated heterocycles. The minimum absolute atomic E-state index is 0.182. The van der Waals surface area contributed by atoms with Crippen molar-refractivity contribution in [1.29, 1.82) is 0 Å². The summed E-state index contributed by atoms with van der Waals surface area (Å²) < 4.78 is 22.5. The van der Waals surface area contributed by atoms with Gasteiger partial charge in [-0.1, -0.05) is 94.8 Å². The summed E-state index contributed by atoms with van der Waals surface area (Å²) in [5.74, 6) is -1.29. The predicted molar refractivity (Wildman–Crippen MR) is 185 cm³/mol. The largest absolute Gasteiger partial charge is 0.494 e. The van der Waals surface area contributed by atoms with E-state index in [0.29, 0.717) is 30.0 Å². The van der Waals surface area contributed by atoms with E-state index < -0.39 is 11.9 Å². The van der Waals surface area contributed by atoms with Crippen LogP contribution < -0.4 is 14.8 Å². The fourth-order valence-corrected chi connectivity index (χ4v) is 4.69. The molecule has 0 saturated carbocycles. The average molecular weight is 644 g/mol. The van der Waals surface area contributed by atoms with Crippen molar-refractivity contribution in [2.75, 3.05) is 25.1 Å². The summed E-state index contributed by atoms with van der Waals surface area (Å²) in [6.45, 7) is 5.25. The Morgan fingerprint density at radius 3 is 2.00 bits per heavy atom. The SMILES string of the molecule is CCCCCCOC(=O)/C=C(\Oc1ccccc1NC(=O)c1ccc(OCCCCc2ccccc2)cc1)C(=O)OCCCCCC. The topological polar surface area (TPSA) is 100 Å². The zero-order valence-corrected chi connectivity index (χ0v) is 27.8. The summed E-state index contributed by atoms with van der Waals surface area (Å²) in [5.41, 5.74) is 2.06. The van der Waals surface area contributed by atoms with Crippen molar-refractivity contribution in [3.05, 3.63) is 102 Å². The van der Waals surface area contributed by atoms with E-state index in [1.807, 2.05) is 18.2 Å². The van der Waals surface area contributed by atoms with Crippen molar-refractivity contribution in [1.82, 2.24) is 0 Å². The van der Waals surface area contributed by atoms with Crippen LogP contribution in [0.15, 0.2) is 90.7 Å². The zero-order chi connectivity index (χ0) is 33.5. The number of nitrogens with one attached hydrogen (secondary N) is 1. The third-order valence-electron chi connectivity index (χ3n) is 7.37. The maximum absolute atomic E-state index is 13.1. The first-order valence-electron chi connectivity index (χ1n) is 16.9. The van der Waals surface area contributed by atoms with Gasteiger partial charge in [0.15, 0.2) is 5.75 Å². The second-order valence-electron chi connectivity index (χ2n) is 11.3. The fraction of sp³-hybridized carbons (Fsp3) is 0.410. The highest BCUT2D eigenvalue weighted by atomic mass is 16.6. The van der Waals surface area contributed by atoms with Gasteiger partial charge in [0.05, 0.1) is 31.6 Å². The summed E-state index contributed by atoms with van der Waals surface area (Å²) >= 11 is 0. The fourth-order valence-electron chi connectivity index (χ4n) is 4.69. The number of esters is 2. The molecule has 252 valence electrons. The molecular weight excluding hydrogens is 594 g/mol. The van der Waals surface area contributed by atoms with Crippen molar-refractivity contribution in [2.24, 2.45) is 0 Å². The lowest BCUT2D eigenvalue weighted by atomic mass is 10.1. The van der Waals surface area contributed by atoms with E-state index in [1.54, 1.807) is 48.5 Å². The first kappa shape index (κ1) is 36.9. The number of anilines is 1. The summed E-state index contributed by atoms with van der Waals surface area (Å²) in [6, 6.07) is 24.0. The number of unbranched alkanes of at least 4 members (excludes halogenated alkanes) is 7. The summed E-state index contributed by atoms with van der Waals surface area (Å²) in [5, 5.41) is 2.84. The predicted octanol–water partition coefficient (Wildman–Crippen LogP) is 8.85. The van der Waals surface area contributed by atoms with Crippen molar-refractivity contribution in [3.8, 4) is 11.5 Å². The Balaban J connectivity index is 1.59. The quantitative estimate of drug-likeness (QED) is 0.0505. The van der Waals surface area contributed by atoms with Crippen LogP contribution in [-0.4, -0.2) is 37.7 Å². The lowest BCUT2D eigenvalue weighted by molar-refractivity contribution is -0.143. The highest BCUT2D eigenvalue weighted by molar-refractivity contribution is 6.05. The second kappa shape index (κ2) is 22.0. The molecule has 8 nitrogen and oxygen atoms in total. The Bertz CT molecular complexity index is 1390. The number of carbonyl (C=O) groups excluding carboxylic acids is 3. The van der Waals surface area contributed by atoms with Gasteiger partial charge in [-0.3, -0.25) is 4.79 Å². The van der Waals surface area contributed by atoms with E-state index in [4.69, 9.17) is 18.9 Å². The molecule has 0 aromatic heterocycles. The Morgan fingerprint density at radius 1 is 0.660 bits per heavy atom. The van der Waals surface area contributed by atoms with Crippen LogP contribution in [-0.2, 0) is 25.5 Å². The molecule has 8 heteroatoms. The number of hydrogen-bond acceptors (Lipinski definition) is 7. The molecule has 0 unspecified atom stereocenters. The Labute approximate surface area is 279 Å². The molecule has 0 bridgehead atoms. The monoisotopic (exact) mass is 643 g/mol. The van der Waals surface area contributed by atoms with Crippen molar-refractivity contribution in [2.45, 2.75) is 84.5 Å². The normalized spacial score (nSPS) is 11.1. The van der Waals surface area contributed by atoms with Crippen LogP contribution in [0.4, 0.5) is 5.69 Å². The molecule has 0 heterocycles. The molecule has 0 aliphatic rings. The van der Waals surface area contributed by atoms with Crippen LogP contribution in [0.5, 0.6) is 11.5 Å². The Morgan fingerprint density at radius 2 is 1.30 bits per heavy atom. The summed E-state index contributed by atoms with van der Waals surface area (Å²) in [6.07, 6.45) is 11.5. The number of ether oxygens (including phenoxy) is 4. The number of amides is 1. The van der Waals surface area contributed by atoms with Gasteiger partial charge in [0.2, 0.25) is 5.76 Å². The molecule has 3 aromatic carbocycles. The number of aryl methyl sites for hydroxylation is 1. The highest BCUT2D eigenvalue weighted by Crippen LogP contribution is 2.27. The molecule has 3 rings (SSSR count). The zero-order valence-electron chi connectivity index (χ0n) is 27.8. The third-order valence-corrected chi connectivity index (χ3v) is 7.37. The van der Waals surface area contributed by atoms with E-state index in [2.05, 4.69) is 31.3 Å². The number of benzene rings is 3. The van der Waals surface area contributed by atoms with Gasteiger partial charge in [-0.15, -0.1) is 0 Å². The van der Waals surface area contributed by atoms with Crippen LogP contribution in [0, 0.1) is 0 Å². The Kier molecular flexibility index (Phi) is 17.3. The molecule has 0 fully saturated rings. The molecule has 0 aliphatic carbocycles. The standard InChI is InChI=1S/C39H49NO7/c1-3-5-7-15-28-45-37(41)30-36(39(43)46-29-16-8-6-4-2)47-35-22-13-12-21-34(35)40-38(42)32-23-25-33(26-24-32)44-27-17-14-20-31-18-10-9-11-19-31/h9-13,18-19,21-26,30H,3-8,14-17,20,27-29H2,1-2H3,(H,40,42)/b36-30-. The van der Waals surface area contributed by atoms with Crippen LogP contribution in [0.1, 0.15) is 94.0 Å². The van der Waals surface area contributed by atoms with Crippen molar-refractivity contribution >= 4 is 23.5 Å². The second-order valence-corrected chi connectivity index (χ2v) is 11.3. The average Bonchev–Trinajstić information content (AvgIpc) is 3.09. The van der Waals surface area contributed by atoms with Crippen LogP contribution >= 0.6 is 0 Å². The first-order chi connectivity index (χ1) is 23.0. The highest BCUT2D eigenvalue weighted by Gasteiger charge is 2.19. The van der Waals surface area contributed by atoms with E-state index in [1.165, 1.54) is 5.56 Å². The molecule has 0 atom stereocenters. The van der Waals surface area contributed by atoms with Gasteiger partial charge in [0.25, 0.3) is 5.91 Å². The molecule has 3 aromatic rings. The summed E-state index contributed by atoms with van der Waals surface area (Å²) in [4.78, 5) is 38.7. The lowest BCUT2D eigenvalue weighted by Gasteiger charge is -2.14. The van der Waals surface area contributed by atoms with Crippen LogP contribution in [0.2, 0.25) is 0 Å². The van der Waals surface area contributed by atoms with Gasteiger partial charge in [0.1, 0.15) is 5.75 Å². The number of para-hydroxylation sites is 2. The van der Waals surface area contributed by atoms with Gasteiger partial charge in [-0.05, 0) is 74.1 Å². The number of rotatable bonds is 22. The molecule has 47 heavy (non-hydrogen) atoms. The molecule has 1 amide bonds. The third kappa shape index (κ3) is 14.6. The first-order valence-corrected chi connectivity index (χ1v) is 16.9. The molecule has 1 N–H and O–H groups in total. The van der Waals surface area contributed by atoms with E-state index >= 15 is 0 Å². The van der Waals surface area contributed by atoms with Gasteiger partial charge in [-0.2, -0.15) is 0 Å². The molecule has 0 radical (unpaired) electrons. The maximum Gasteiger partial charge on any atom is 0.374 e. The van der Waals surface area contributed by atoms with Crippen molar-refractivity contribution < 1.29 is 33.3 Å². The maximum atomic E-state index is 13.1. The van der Waals surface area contributed by atoms with Crippen LogP contribution in [0.25, 0.3) is 0 Å². The van der Waals surface area contributed by atoms with Gasteiger partial charge >= 0.3 is 11.9 Å². The van der Waals surface area contributed by atoms with Crippen LogP contribution in [0.3, 0.4) is 0 Å². The van der Waals surface area contributed by atoms with E-state index in [-0.39, 0.29) is 30.6 Å². The van der Waals surface area contributed by atoms with E-state index in [0.717, 1.165) is 70.3 Å². The lowest BCUT2D eigenvalue weighted by Crippen LogP contribution is -2.18. The Hall–Kier alpha value is -4.59. The molecule has 0 spiro atoms. The molecule has 0 aliphatic heterocycles. The van der Waals surface area contributed by atoms with Crippen molar-refractivity contribution in [3.63, 3.8) is 0 Å².